The highest BCUT2D eigenvalue weighted by Gasteiger charge is 2.52. The Bertz CT molecular complexity index is 521. The zero-order chi connectivity index (χ0) is 14.5. The second kappa shape index (κ2) is 4.50. The van der Waals surface area contributed by atoms with Gasteiger partial charge in [-0.25, -0.2) is 0 Å². The highest BCUT2D eigenvalue weighted by molar-refractivity contribution is 6.62. The second-order valence-corrected chi connectivity index (χ2v) is 6.80. The molecular formula is C16H23BO3. The molecule has 1 fully saturated rings. The van der Waals surface area contributed by atoms with Gasteiger partial charge in [-0.2, -0.15) is 0 Å². The molecule has 1 aromatic rings. The molecule has 20 heavy (non-hydrogen) atoms. The lowest BCUT2D eigenvalue weighted by molar-refractivity contribution is 0.00578. The van der Waals surface area contributed by atoms with Gasteiger partial charge >= 0.3 is 7.12 Å². The van der Waals surface area contributed by atoms with Crippen molar-refractivity contribution in [2.45, 2.75) is 58.7 Å². The van der Waals surface area contributed by atoms with Crippen LogP contribution in [-0.2, 0) is 15.7 Å². The van der Waals surface area contributed by atoms with Crippen LogP contribution in [0.1, 0.15) is 45.2 Å². The van der Waals surface area contributed by atoms with Gasteiger partial charge < -0.3 is 14.0 Å². The van der Waals surface area contributed by atoms with Crippen molar-refractivity contribution < 1.29 is 14.0 Å². The van der Waals surface area contributed by atoms with Crippen LogP contribution in [0.2, 0.25) is 0 Å². The summed E-state index contributed by atoms with van der Waals surface area (Å²) in [5, 5.41) is 0. The smallest absolute Gasteiger partial charge is 0.493 e. The first kappa shape index (κ1) is 14.0. The van der Waals surface area contributed by atoms with Gasteiger partial charge in [-0.1, -0.05) is 6.07 Å². The molecular weight excluding hydrogens is 251 g/mol. The van der Waals surface area contributed by atoms with Crippen molar-refractivity contribution in [1.29, 1.82) is 0 Å². The molecule has 0 saturated carbocycles. The van der Waals surface area contributed by atoms with Gasteiger partial charge in [0.05, 0.1) is 17.8 Å². The Labute approximate surface area is 121 Å². The van der Waals surface area contributed by atoms with E-state index in [-0.39, 0.29) is 18.3 Å². The van der Waals surface area contributed by atoms with Crippen LogP contribution in [0.4, 0.5) is 0 Å². The van der Waals surface area contributed by atoms with Crippen LogP contribution in [0.15, 0.2) is 12.1 Å². The Morgan fingerprint density at radius 3 is 2.35 bits per heavy atom. The quantitative estimate of drug-likeness (QED) is 0.737. The van der Waals surface area contributed by atoms with E-state index in [1.54, 1.807) is 0 Å². The SMILES string of the molecule is Cc1c(B2OC(C)(C)C(C)(C)O2)ccc2c1CCCO2. The first-order chi connectivity index (χ1) is 9.32. The van der Waals surface area contributed by atoms with Crippen LogP contribution in [0.25, 0.3) is 0 Å². The van der Waals surface area contributed by atoms with Crippen LogP contribution >= 0.6 is 0 Å². The fourth-order valence-corrected chi connectivity index (χ4v) is 2.85. The van der Waals surface area contributed by atoms with Gasteiger partial charge in [-0.15, -0.1) is 0 Å². The Morgan fingerprint density at radius 1 is 1.05 bits per heavy atom. The molecule has 1 saturated heterocycles. The standard InChI is InChI=1S/C16H23BO3/c1-11-12-7-6-10-18-14(12)9-8-13(11)17-19-15(2,3)16(4,5)20-17/h8-9H,6-7,10H2,1-5H3. The molecule has 0 N–H and O–H groups in total. The van der Waals surface area contributed by atoms with E-state index in [1.807, 2.05) is 0 Å². The maximum Gasteiger partial charge on any atom is 0.495 e. The van der Waals surface area contributed by atoms with E-state index < -0.39 is 0 Å². The number of rotatable bonds is 1. The summed E-state index contributed by atoms with van der Waals surface area (Å²) in [5.41, 5.74) is 3.10. The summed E-state index contributed by atoms with van der Waals surface area (Å²) < 4.78 is 18.0. The van der Waals surface area contributed by atoms with Gasteiger partial charge in [0.15, 0.2) is 0 Å². The summed E-state index contributed by atoms with van der Waals surface area (Å²) >= 11 is 0. The largest absolute Gasteiger partial charge is 0.495 e. The van der Waals surface area contributed by atoms with E-state index >= 15 is 0 Å². The van der Waals surface area contributed by atoms with Gasteiger partial charge in [0.1, 0.15) is 5.75 Å². The number of fused-ring (bicyclic) bond motifs is 1. The molecule has 0 atom stereocenters. The zero-order valence-electron chi connectivity index (χ0n) is 13.1. The van der Waals surface area contributed by atoms with Gasteiger partial charge in [0, 0.05) is 0 Å². The van der Waals surface area contributed by atoms with Crippen LogP contribution in [0, 0.1) is 6.92 Å². The van der Waals surface area contributed by atoms with Crippen molar-refractivity contribution in [3.63, 3.8) is 0 Å². The number of hydrogen-bond donors (Lipinski definition) is 0. The van der Waals surface area contributed by atoms with Crippen molar-refractivity contribution in [3.05, 3.63) is 23.3 Å². The molecule has 0 amide bonds. The number of hydrogen-bond acceptors (Lipinski definition) is 3. The first-order valence-electron chi connectivity index (χ1n) is 7.43. The average molecular weight is 274 g/mol. The fraction of sp³-hybridized carbons (Fsp3) is 0.625. The normalized spacial score (nSPS) is 23.4. The molecule has 3 rings (SSSR count). The molecule has 0 aliphatic carbocycles. The number of benzene rings is 1. The third kappa shape index (κ3) is 2.06. The lowest BCUT2D eigenvalue weighted by Gasteiger charge is -2.32. The molecule has 0 radical (unpaired) electrons. The summed E-state index contributed by atoms with van der Waals surface area (Å²) in [6.45, 7) is 11.3. The van der Waals surface area contributed by atoms with E-state index in [4.69, 9.17) is 14.0 Å². The van der Waals surface area contributed by atoms with Gasteiger partial charge in [0.2, 0.25) is 0 Å². The van der Waals surface area contributed by atoms with Gasteiger partial charge in [-0.3, -0.25) is 0 Å². The van der Waals surface area contributed by atoms with Crippen molar-refractivity contribution in [3.8, 4) is 5.75 Å². The first-order valence-corrected chi connectivity index (χ1v) is 7.43. The minimum atomic E-state index is -0.295. The minimum Gasteiger partial charge on any atom is -0.493 e. The van der Waals surface area contributed by atoms with Crippen LogP contribution in [0.5, 0.6) is 5.75 Å². The predicted molar refractivity (Wildman–Crippen MR) is 80.7 cm³/mol. The Kier molecular flexibility index (Phi) is 3.14. The van der Waals surface area contributed by atoms with Crippen molar-refractivity contribution in [1.82, 2.24) is 0 Å². The molecule has 3 nitrogen and oxygen atoms in total. The average Bonchev–Trinajstić information content (AvgIpc) is 2.59. The maximum absolute atomic E-state index is 6.16. The lowest BCUT2D eigenvalue weighted by Crippen LogP contribution is -2.41. The van der Waals surface area contributed by atoms with E-state index in [2.05, 4.69) is 46.8 Å². The fourth-order valence-electron chi connectivity index (χ4n) is 2.85. The molecule has 0 bridgehead atoms. The van der Waals surface area contributed by atoms with Crippen molar-refractivity contribution >= 4 is 12.6 Å². The molecule has 2 aliphatic rings. The van der Waals surface area contributed by atoms with Crippen molar-refractivity contribution in [2.24, 2.45) is 0 Å². The van der Waals surface area contributed by atoms with Gasteiger partial charge in [-0.05, 0) is 70.1 Å². The number of ether oxygens (including phenoxy) is 1. The third-order valence-electron chi connectivity index (χ3n) is 4.93. The summed E-state index contributed by atoms with van der Waals surface area (Å²) in [6, 6.07) is 4.14. The summed E-state index contributed by atoms with van der Waals surface area (Å²) in [4.78, 5) is 0. The summed E-state index contributed by atoms with van der Waals surface area (Å²) in [7, 11) is -0.285. The van der Waals surface area contributed by atoms with Gasteiger partial charge in [0.25, 0.3) is 0 Å². The molecule has 2 aliphatic heterocycles. The van der Waals surface area contributed by atoms with E-state index in [0.29, 0.717) is 0 Å². The Morgan fingerprint density at radius 2 is 1.70 bits per heavy atom. The highest BCUT2D eigenvalue weighted by Crippen LogP contribution is 2.37. The molecule has 108 valence electrons. The van der Waals surface area contributed by atoms with Crippen LogP contribution in [0.3, 0.4) is 0 Å². The maximum atomic E-state index is 6.16. The Hall–Kier alpha value is -0.995. The predicted octanol–water partition coefficient (Wildman–Crippen LogP) is 2.62. The molecule has 0 aromatic heterocycles. The van der Waals surface area contributed by atoms with Crippen LogP contribution < -0.4 is 10.2 Å². The summed E-state index contributed by atoms with van der Waals surface area (Å²) in [6.07, 6.45) is 2.16. The molecule has 1 aromatic carbocycles. The second-order valence-electron chi connectivity index (χ2n) is 6.80. The molecule has 4 heteroatoms. The lowest BCUT2D eigenvalue weighted by atomic mass is 9.74. The summed E-state index contributed by atoms with van der Waals surface area (Å²) in [5.74, 6) is 1.02. The van der Waals surface area contributed by atoms with Crippen molar-refractivity contribution in [2.75, 3.05) is 6.61 Å². The van der Waals surface area contributed by atoms with Crippen LogP contribution in [-0.4, -0.2) is 24.9 Å². The topological polar surface area (TPSA) is 27.7 Å². The van der Waals surface area contributed by atoms with E-state index in [1.165, 1.54) is 11.1 Å². The van der Waals surface area contributed by atoms with E-state index in [0.717, 1.165) is 30.7 Å². The Balaban J connectivity index is 1.96. The monoisotopic (exact) mass is 274 g/mol. The highest BCUT2D eigenvalue weighted by atomic mass is 16.7. The molecule has 2 heterocycles. The molecule has 0 unspecified atom stereocenters. The zero-order valence-corrected chi connectivity index (χ0v) is 13.1. The molecule has 0 spiro atoms. The third-order valence-corrected chi connectivity index (χ3v) is 4.93. The minimum absolute atomic E-state index is 0.285. The van der Waals surface area contributed by atoms with E-state index in [9.17, 15) is 0 Å².